The molecule has 1 fully saturated rings. The van der Waals surface area contributed by atoms with E-state index in [1.54, 1.807) is 0 Å². The van der Waals surface area contributed by atoms with Crippen LogP contribution in [0.1, 0.15) is 40.0 Å². The molecule has 4 atom stereocenters. The van der Waals surface area contributed by atoms with Crippen molar-refractivity contribution in [1.29, 1.82) is 0 Å². The number of non-ortho nitro benzene ring substituents is 1. The van der Waals surface area contributed by atoms with Crippen LogP contribution < -0.4 is 10.6 Å². The molecule has 10 heteroatoms. The van der Waals surface area contributed by atoms with Crippen molar-refractivity contribution in [2.45, 2.75) is 56.1 Å². The van der Waals surface area contributed by atoms with E-state index in [-0.39, 0.29) is 17.7 Å². The van der Waals surface area contributed by atoms with Crippen molar-refractivity contribution in [2.24, 2.45) is 17.8 Å². The molecule has 0 heterocycles. The molecule has 0 radical (unpaired) electrons. The zero-order valence-corrected chi connectivity index (χ0v) is 18.8. The Kier molecular flexibility index (Phi) is 8.26. The van der Waals surface area contributed by atoms with Gasteiger partial charge in [-0.2, -0.15) is 0 Å². The zero-order chi connectivity index (χ0) is 21.8. The zero-order valence-electron chi connectivity index (χ0n) is 16.5. The number of anilines is 1. The first-order chi connectivity index (χ1) is 13.5. The maximum absolute atomic E-state index is 12.5. The van der Waals surface area contributed by atoms with Crippen LogP contribution in [0.25, 0.3) is 0 Å². The Morgan fingerprint density at radius 2 is 1.86 bits per heavy atom. The molecule has 0 spiro atoms. The number of rotatable bonds is 6. The van der Waals surface area contributed by atoms with Crippen LogP contribution in [0.2, 0.25) is 0 Å². The number of carbonyl (C=O) groups excluding carboxylic acids is 1. The molecule has 7 nitrogen and oxygen atoms in total. The second-order valence-electron chi connectivity index (χ2n) is 7.84. The third-order valence-corrected chi connectivity index (χ3v) is 5.85. The van der Waals surface area contributed by atoms with Crippen molar-refractivity contribution >= 4 is 52.3 Å². The summed E-state index contributed by atoms with van der Waals surface area (Å²) in [7, 11) is 0. The van der Waals surface area contributed by atoms with Crippen LogP contribution in [0.4, 0.5) is 16.2 Å². The average Bonchev–Trinajstić information content (AvgIpc) is 2.60. The minimum atomic E-state index is -1.88. The monoisotopic (exact) mass is 465 g/mol. The summed E-state index contributed by atoms with van der Waals surface area (Å²) in [4.78, 5) is 22.8. The number of hydrogen-bond donors (Lipinski definition) is 2. The van der Waals surface area contributed by atoms with Crippen LogP contribution in [0.5, 0.6) is 0 Å². The smallest absolute Gasteiger partial charge is 0.409 e. The molecule has 0 aliphatic heterocycles. The predicted molar refractivity (Wildman–Crippen MR) is 116 cm³/mol. The van der Waals surface area contributed by atoms with Crippen molar-refractivity contribution in [1.82, 2.24) is 5.32 Å². The van der Waals surface area contributed by atoms with Crippen molar-refractivity contribution in [3.05, 3.63) is 34.4 Å². The summed E-state index contributed by atoms with van der Waals surface area (Å²) in [6, 6.07) is 5.55. The van der Waals surface area contributed by atoms with E-state index in [0.717, 1.165) is 19.3 Å². The van der Waals surface area contributed by atoms with Crippen molar-refractivity contribution in [3.63, 3.8) is 0 Å². The molecule has 1 aliphatic rings. The van der Waals surface area contributed by atoms with E-state index in [0.29, 0.717) is 17.5 Å². The fourth-order valence-corrected chi connectivity index (χ4v) is 3.91. The number of nitro benzene ring substituents is 1. The second kappa shape index (κ2) is 10.0. The van der Waals surface area contributed by atoms with Crippen molar-refractivity contribution in [2.75, 3.05) is 5.32 Å². The van der Waals surface area contributed by atoms with Gasteiger partial charge in [0.05, 0.1) is 4.92 Å². The minimum absolute atomic E-state index is 0.0699. The number of alkyl halides is 3. The van der Waals surface area contributed by atoms with Gasteiger partial charge >= 0.3 is 6.09 Å². The molecule has 29 heavy (non-hydrogen) atoms. The predicted octanol–water partition coefficient (Wildman–Crippen LogP) is 5.89. The molecule has 1 aliphatic carbocycles. The number of nitro groups is 1. The maximum Gasteiger partial charge on any atom is 0.409 e. The van der Waals surface area contributed by atoms with Gasteiger partial charge in [0.25, 0.3) is 5.69 Å². The standard InChI is InChI=1S/C19H26Cl3N3O4/c1-11(2)15-9-4-12(3)10-16(15)29-18(26)24-17(19(20,21)22)23-13-5-7-14(8-6-13)25(27)28/h5-8,11-12,15-17,23H,4,9-10H2,1-3H3,(H,24,26)/t12-,15-,16-,17+/m1/s1. The molecule has 1 aromatic rings. The third-order valence-electron chi connectivity index (χ3n) is 5.20. The summed E-state index contributed by atoms with van der Waals surface area (Å²) < 4.78 is 3.82. The quantitative estimate of drug-likeness (QED) is 0.236. The number of benzene rings is 1. The molecule has 2 N–H and O–H groups in total. The van der Waals surface area contributed by atoms with E-state index in [1.807, 2.05) is 0 Å². The van der Waals surface area contributed by atoms with Crippen LogP contribution >= 0.6 is 34.8 Å². The van der Waals surface area contributed by atoms with E-state index in [1.165, 1.54) is 24.3 Å². The van der Waals surface area contributed by atoms with E-state index >= 15 is 0 Å². The lowest BCUT2D eigenvalue weighted by Gasteiger charge is -2.37. The molecule has 0 saturated heterocycles. The number of ether oxygens (including phenoxy) is 1. The summed E-state index contributed by atoms with van der Waals surface area (Å²) >= 11 is 18.0. The molecule has 2 rings (SSSR count). The SMILES string of the molecule is CC(C)[C@H]1CC[C@@H](C)C[C@H]1OC(=O)N[C@H](Nc1ccc([N+](=O)[O-])cc1)C(Cl)(Cl)Cl. The first-order valence-corrected chi connectivity index (χ1v) is 10.7. The fraction of sp³-hybridized carbons (Fsp3) is 0.632. The average molecular weight is 467 g/mol. The lowest BCUT2D eigenvalue weighted by atomic mass is 9.75. The van der Waals surface area contributed by atoms with Gasteiger partial charge in [-0.1, -0.05) is 62.0 Å². The van der Waals surface area contributed by atoms with E-state index in [2.05, 4.69) is 31.4 Å². The largest absolute Gasteiger partial charge is 0.446 e. The highest BCUT2D eigenvalue weighted by Crippen LogP contribution is 2.36. The first kappa shape index (κ1) is 23.8. The number of alkyl carbamates (subject to hydrolysis) is 1. The molecule has 1 aromatic carbocycles. The fourth-order valence-electron chi connectivity index (χ4n) is 3.59. The van der Waals surface area contributed by atoms with Gasteiger partial charge < -0.3 is 10.1 Å². The summed E-state index contributed by atoms with van der Waals surface area (Å²) in [5.74, 6) is 1.15. The van der Waals surface area contributed by atoms with Gasteiger partial charge in [-0.15, -0.1) is 0 Å². The molecule has 162 valence electrons. The first-order valence-electron chi connectivity index (χ1n) is 9.52. The number of nitrogens with zero attached hydrogens (tertiary/aromatic N) is 1. The second-order valence-corrected chi connectivity index (χ2v) is 10.2. The number of hydrogen-bond acceptors (Lipinski definition) is 5. The normalized spacial score (nSPS) is 23.3. The topological polar surface area (TPSA) is 93.5 Å². The Hall–Kier alpha value is -1.44. The summed E-state index contributed by atoms with van der Waals surface area (Å²) in [6.45, 7) is 6.38. The highest BCUT2D eigenvalue weighted by Gasteiger charge is 2.37. The van der Waals surface area contributed by atoms with E-state index in [4.69, 9.17) is 39.5 Å². The van der Waals surface area contributed by atoms with Gasteiger partial charge in [0.1, 0.15) is 12.3 Å². The Morgan fingerprint density at radius 3 is 2.38 bits per heavy atom. The van der Waals surface area contributed by atoms with Crippen LogP contribution in [0.15, 0.2) is 24.3 Å². The van der Waals surface area contributed by atoms with Crippen LogP contribution in [-0.4, -0.2) is 27.1 Å². The van der Waals surface area contributed by atoms with Crippen molar-refractivity contribution in [3.8, 4) is 0 Å². The lowest BCUT2D eigenvalue weighted by Crippen LogP contribution is -2.50. The molecule has 1 saturated carbocycles. The Labute approximate surface area is 185 Å². The number of amides is 1. The maximum atomic E-state index is 12.5. The minimum Gasteiger partial charge on any atom is -0.446 e. The number of halogens is 3. The van der Waals surface area contributed by atoms with Crippen molar-refractivity contribution < 1.29 is 14.5 Å². The molecule has 0 bridgehead atoms. The highest BCUT2D eigenvalue weighted by molar-refractivity contribution is 6.68. The van der Waals surface area contributed by atoms with E-state index < -0.39 is 21.0 Å². The Balaban J connectivity index is 2.05. The van der Waals surface area contributed by atoms with E-state index in [9.17, 15) is 14.9 Å². The molecule has 0 unspecified atom stereocenters. The highest BCUT2D eigenvalue weighted by atomic mass is 35.6. The Morgan fingerprint density at radius 1 is 1.24 bits per heavy atom. The van der Waals surface area contributed by atoms with Crippen LogP contribution in [-0.2, 0) is 4.74 Å². The van der Waals surface area contributed by atoms with Gasteiger partial charge in [0, 0.05) is 17.8 Å². The van der Waals surface area contributed by atoms with Gasteiger partial charge in [0.2, 0.25) is 3.79 Å². The van der Waals surface area contributed by atoms with Crippen LogP contribution in [0, 0.1) is 27.9 Å². The van der Waals surface area contributed by atoms with Gasteiger partial charge in [-0.3, -0.25) is 15.4 Å². The van der Waals surface area contributed by atoms with Gasteiger partial charge in [-0.05, 0) is 42.7 Å². The Bertz CT molecular complexity index is 710. The number of carbonyl (C=O) groups is 1. The molecular formula is C19H26Cl3N3O4. The summed E-state index contributed by atoms with van der Waals surface area (Å²) in [5, 5.41) is 16.2. The van der Waals surface area contributed by atoms with Gasteiger partial charge in [0.15, 0.2) is 0 Å². The third kappa shape index (κ3) is 7.08. The summed E-state index contributed by atoms with van der Waals surface area (Å²) in [5.41, 5.74) is 0.373. The molecule has 0 aromatic heterocycles. The summed E-state index contributed by atoms with van der Waals surface area (Å²) in [6.07, 6.45) is 0.938. The lowest BCUT2D eigenvalue weighted by molar-refractivity contribution is -0.384. The van der Waals surface area contributed by atoms with Gasteiger partial charge in [-0.25, -0.2) is 4.79 Å². The van der Waals surface area contributed by atoms with Crippen LogP contribution in [0.3, 0.4) is 0 Å². The molecule has 1 amide bonds. The number of nitrogens with one attached hydrogen (secondary N) is 2. The molecular weight excluding hydrogens is 441 g/mol.